The number of benzene rings is 6. The van der Waals surface area contributed by atoms with Crippen molar-refractivity contribution in [2.45, 2.75) is 5.41 Å². The van der Waals surface area contributed by atoms with Crippen molar-refractivity contribution in [3.8, 4) is 44.5 Å². The van der Waals surface area contributed by atoms with Gasteiger partial charge in [0.25, 0.3) is 0 Å². The highest BCUT2D eigenvalue weighted by molar-refractivity contribution is 6.03. The minimum atomic E-state index is -0.434. The maximum absolute atomic E-state index is 2.39. The second-order valence-electron chi connectivity index (χ2n) is 14.4. The third-order valence-corrected chi connectivity index (χ3v) is 10.6. The first-order chi connectivity index (χ1) is 23.6. The maximum atomic E-state index is 2.39. The molecule has 0 radical (unpaired) electrons. The molecule has 2 aliphatic rings. The van der Waals surface area contributed by atoms with E-state index >= 15 is 0 Å². The van der Waals surface area contributed by atoms with E-state index in [2.05, 4.69) is 197 Å². The Morgan fingerprint density at radius 3 is 0.980 bits per heavy atom. The van der Waals surface area contributed by atoms with E-state index in [-0.39, 0.29) is 0 Å². The fourth-order valence-corrected chi connectivity index (χ4v) is 8.25. The molecule has 4 heteroatoms. The molecule has 0 unspecified atom stereocenters. The summed E-state index contributed by atoms with van der Waals surface area (Å²) in [6.07, 6.45) is 0. The highest BCUT2D eigenvalue weighted by Crippen LogP contribution is 2.65. The summed E-state index contributed by atoms with van der Waals surface area (Å²) in [6, 6.07) is 46.1. The number of rotatable bonds is 6. The van der Waals surface area contributed by atoms with E-state index in [4.69, 9.17) is 0 Å². The molecule has 6 aromatic carbocycles. The highest BCUT2D eigenvalue weighted by atomic mass is 15.1. The van der Waals surface area contributed by atoms with Crippen molar-refractivity contribution in [3.63, 3.8) is 0 Å². The van der Waals surface area contributed by atoms with Crippen LogP contribution in [0.15, 0.2) is 121 Å². The summed E-state index contributed by atoms with van der Waals surface area (Å²) < 4.78 is 0. The molecule has 49 heavy (non-hydrogen) atoms. The van der Waals surface area contributed by atoms with Gasteiger partial charge in [-0.1, -0.05) is 84.9 Å². The summed E-state index contributed by atoms with van der Waals surface area (Å²) in [4.78, 5) is 8.81. The highest BCUT2D eigenvalue weighted by Gasteiger charge is 2.52. The lowest BCUT2D eigenvalue weighted by atomic mass is 9.70. The van der Waals surface area contributed by atoms with Gasteiger partial charge in [0, 0.05) is 79.1 Å². The Labute approximate surface area is 291 Å². The lowest BCUT2D eigenvalue weighted by molar-refractivity contribution is 0.794. The number of anilines is 4. The van der Waals surface area contributed by atoms with E-state index in [1.807, 2.05) is 0 Å². The lowest BCUT2D eigenvalue weighted by Gasteiger charge is -2.30. The molecular formula is C45H44N4. The Hall–Kier alpha value is -5.48. The Morgan fingerprint density at radius 1 is 0.327 bits per heavy atom. The fraction of sp³-hybridized carbons (Fsp3) is 0.200. The Morgan fingerprint density at radius 2 is 0.633 bits per heavy atom. The quantitative estimate of drug-likeness (QED) is 0.179. The van der Waals surface area contributed by atoms with Gasteiger partial charge in [-0.3, -0.25) is 0 Å². The van der Waals surface area contributed by atoms with E-state index in [1.54, 1.807) is 0 Å². The van der Waals surface area contributed by atoms with Crippen LogP contribution in [-0.4, -0.2) is 56.4 Å². The van der Waals surface area contributed by atoms with Gasteiger partial charge >= 0.3 is 0 Å². The van der Waals surface area contributed by atoms with Crippen LogP contribution in [0.5, 0.6) is 0 Å². The van der Waals surface area contributed by atoms with Gasteiger partial charge in [-0.2, -0.15) is 0 Å². The normalized spacial score (nSPS) is 13.1. The van der Waals surface area contributed by atoms with Crippen LogP contribution in [0.4, 0.5) is 22.7 Å². The van der Waals surface area contributed by atoms with Crippen molar-refractivity contribution in [2.75, 3.05) is 76.0 Å². The fourth-order valence-electron chi connectivity index (χ4n) is 8.25. The van der Waals surface area contributed by atoms with Crippen LogP contribution >= 0.6 is 0 Å². The number of hydrogen-bond donors (Lipinski definition) is 0. The first kappa shape index (κ1) is 30.8. The number of hydrogen-bond acceptors (Lipinski definition) is 4. The average Bonchev–Trinajstić information content (AvgIpc) is 3.58. The Kier molecular flexibility index (Phi) is 7.11. The largest absolute Gasteiger partial charge is 0.378 e. The standard InChI is InChI=1S/C45H44N4/c1-46(2)31-23-29(24-32(27-31)47(3)4)35-17-13-21-41-43(35)37-15-9-11-19-39(37)45(41)40-20-12-10-16-38(40)44-36(18-14-22-42(44)45)30-25-33(48(5)6)28-34(26-30)49(7)8/h9-28H,1-8H3. The van der Waals surface area contributed by atoms with Crippen molar-refractivity contribution >= 4 is 22.7 Å². The van der Waals surface area contributed by atoms with Crippen LogP contribution in [-0.2, 0) is 5.41 Å². The monoisotopic (exact) mass is 640 g/mol. The summed E-state index contributed by atoms with van der Waals surface area (Å²) in [5, 5.41) is 0. The van der Waals surface area contributed by atoms with Gasteiger partial charge in [0.2, 0.25) is 0 Å². The molecule has 1 spiro atoms. The molecule has 2 aliphatic carbocycles. The molecule has 6 aromatic rings. The van der Waals surface area contributed by atoms with E-state index in [0.29, 0.717) is 0 Å². The van der Waals surface area contributed by atoms with Gasteiger partial charge in [0.05, 0.1) is 5.41 Å². The second kappa shape index (κ2) is 11.3. The van der Waals surface area contributed by atoms with Crippen molar-refractivity contribution < 1.29 is 0 Å². The second-order valence-corrected chi connectivity index (χ2v) is 14.4. The molecule has 0 amide bonds. The molecule has 0 heterocycles. The minimum Gasteiger partial charge on any atom is -0.378 e. The molecule has 0 bridgehead atoms. The van der Waals surface area contributed by atoms with E-state index in [9.17, 15) is 0 Å². The maximum Gasteiger partial charge on any atom is 0.0725 e. The predicted octanol–water partition coefficient (Wildman–Crippen LogP) is 9.63. The molecule has 8 rings (SSSR count). The van der Waals surface area contributed by atoms with Crippen LogP contribution in [0.3, 0.4) is 0 Å². The Bertz CT molecular complexity index is 2050. The van der Waals surface area contributed by atoms with Crippen LogP contribution in [0, 0.1) is 0 Å². The molecule has 0 N–H and O–H groups in total. The van der Waals surface area contributed by atoms with E-state index in [0.717, 1.165) is 0 Å². The molecular weight excluding hydrogens is 597 g/mol. The molecule has 4 nitrogen and oxygen atoms in total. The van der Waals surface area contributed by atoms with Crippen LogP contribution in [0.1, 0.15) is 22.3 Å². The Balaban J connectivity index is 1.46. The summed E-state index contributed by atoms with van der Waals surface area (Å²) >= 11 is 0. The van der Waals surface area contributed by atoms with Crippen molar-refractivity contribution in [2.24, 2.45) is 0 Å². The third kappa shape index (κ3) is 4.50. The molecule has 0 atom stereocenters. The third-order valence-electron chi connectivity index (χ3n) is 10.6. The smallest absolute Gasteiger partial charge is 0.0725 e. The van der Waals surface area contributed by atoms with Crippen LogP contribution in [0.25, 0.3) is 44.5 Å². The average molecular weight is 641 g/mol. The molecule has 0 saturated heterocycles. The van der Waals surface area contributed by atoms with Gasteiger partial charge < -0.3 is 19.6 Å². The van der Waals surface area contributed by atoms with E-state index < -0.39 is 5.41 Å². The first-order valence-electron chi connectivity index (χ1n) is 17.1. The number of nitrogens with zero attached hydrogens (tertiary/aromatic N) is 4. The van der Waals surface area contributed by atoms with Crippen molar-refractivity contribution in [1.29, 1.82) is 0 Å². The summed E-state index contributed by atoms with van der Waals surface area (Å²) in [7, 11) is 17.0. The minimum absolute atomic E-state index is 0.434. The summed E-state index contributed by atoms with van der Waals surface area (Å²) in [5.74, 6) is 0. The predicted molar refractivity (Wildman–Crippen MR) is 211 cm³/mol. The van der Waals surface area contributed by atoms with Gasteiger partial charge in [0.1, 0.15) is 0 Å². The molecule has 0 saturated carbocycles. The van der Waals surface area contributed by atoms with Crippen LogP contribution in [0.2, 0.25) is 0 Å². The lowest BCUT2D eigenvalue weighted by Crippen LogP contribution is -2.25. The molecule has 0 fully saturated rings. The zero-order valence-electron chi connectivity index (χ0n) is 29.8. The SMILES string of the molecule is CN(C)c1cc(-c2cccc3c2-c2ccccc2C32c3ccccc3-c3c(-c4cc(N(C)C)cc(N(C)C)c4)cccc32)cc(N(C)C)c1. The van der Waals surface area contributed by atoms with Crippen molar-refractivity contribution in [3.05, 3.63) is 144 Å². The summed E-state index contributed by atoms with van der Waals surface area (Å²) in [5.41, 5.74) is 20.0. The van der Waals surface area contributed by atoms with Gasteiger partial charge in [-0.25, -0.2) is 0 Å². The summed E-state index contributed by atoms with van der Waals surface area (Å²) in [6.45, 7) is 0. The molecule has 244 valence electrons. The topological polar surface area (TPSA) is 13.0 Å². The molecule has 0 aliphatic heterocycles. The number of fused-ring (bicyclic) bond motifs is 10. The van der Waals surface area contributed by atoms with Gasteiger partial charge in [-0.05, 0) is 103 Å². The zero-order chi connectivity index (χ0) is 34.2. The van der Waals surface area contributed by atoms with Crippen molar-refractivity contribution in [1.82, 2.24) is 0 Å². The van der Waals surface area contributed by atoms with Gasteiger partial charge in [-0.15, -0.1) is 0 Å². The zero-order valence-corrected chi connectivity index (χ0v) is 29.8. The van der Waals surface area contributed by atoms with Gasteiger partial charge in [0.15, 0.2) is 0 Å². The van der Waals surface area contributed by atoms with E-state index in [1.165, 1.54) is 89.5 Å². The first-order valence-corrected chi connectivity index (χ1v) is 17.1. The molecule has 0 aromatic heterocycles. The van der Waals surface area contributed by atoms with Crippen LogP contribution < -0.4 is 19.6 Å².